The smallest absolute Gasteiger partial charge is 0.270 e. The van der Waals surface area contributed by atoms with Crippen LogP contribution >= 0.6 is 11.8 Å². The minimum atomic E-state index is -0.123. The first-order valence-corrected chi connectivity index (χ1v) is 7.43. The molecule has 0 unspecified atom stereocenters. The SMILES string of the molecule is CCSc1nc(C)cc(C(=O)NCCCN(C)C)n1. The predicted octanol–water partition coefficient (Wildman–Crippen LogP) is 1.58. The summed E-state index contributed by atoms with van der Waals surface area (Å²) in [6.07, 6.45) is 0.930. The molecule has 1 rings (SSSR count). The number of aryl methyl sites for hydroxylation is 1. The zero-order valence-corrected chi connectivity index (χ0v) is 12.9. The summed E-state index contributed by atoms with van der Waals surface area (Å²) in [5.74, 6) is 0.773. The monoisotopic (exact) mass is 282 g/mol. The number of nitrogens with zero attached hydrogens (tertiary/aromatic N) is 3. The van der Waals surface area contributed by atoms with Gasteiger partial charge in [0.25, 0.3) is 5.91 Å². The molecule has 0 radical (unpaired) electrons. The van der Waals surface area contributed by atoms with Crippen LogP contribution in [-0.2, 0) is 0 Å². The van der Waals surface area contributed by atoms with Gasteiger partial charge in [0, 0.05) is 12.2 Å². The van der Waals surface area contributed by atoms with E-state index in [0.717, 1.165) is 24.4 Å². The molecule has 0 fully saturated rings. The maximum Gasteiger partial charge on any atom is 0.270 e. The lowest BCUT2D eigenvalue weighted by Crippen LogP contribution is -2.28. The Morgan fingerprint density at radius 3 is 2.79 bits per heavy atom. The number of hydrogen-bond donors (Lipinski definition) is 1. The lowest BCUT2D eigenvalue weighted by atomic mass is 10.3. The first-order chi connectivity index (χ1) is 9.02. The molecule has 0 spiro atoms. The lowest BCUT2D eigenvalue weighted by molar-refractivity contribution is 0.0946. The van der Waals surface area contributed by atoms with E-state index in [4.69, 9.17) is 0 Å². The van der Waals surface area contributed by atoms with Gasteiger partial charge in [0.2, 0.25) is 0 Å². The van der Waals surface area contributed by atoms with E-state index in [1.54, 1.807) is 17.8 Å². The minimum absolute atomic E-state index is 0.123. The van der Waals surface area contributed by atoms with Gasteiger partial charge < -0.3 is 10.2 Å². The average Bonchev–Trinajstić information content (AvgIpc) is 2.34. The van der Waals surface area contributed by atoms with Gasteiger partial charge >= 0.3 is 0 Å². The molecular formula is C13H22N4OS. The standard InChI is InChI=1S/C13H22N4OS/c1-5-19-13-15-10(2)9-11(16-13)12(18)14-7-6-8-17(3)4/h9H,5-8H2,1-4H3,(H,14,18). The fourth-order valence-corrected chi connectivity index (χ4v) is 2.17. The van der Waals surface area contributed by atoms with E-state index in [2.05, 4.69) is 20.2 Å². The zero-order chi connectivity index (χ0) is 14.3. The van der Waals surface area contributed by atoms with Gasteiger partial charge in [0.05, 0.1) is 0 Å². The number of nitrogens with one attached hydrogen (secondary N) is 1. The van der Waals surface area contributed by atoms with Crippen LogP contribution in [0, 0.1) is 6.92 Å². The molecular weight excluding hydrogens is 260 g/mol. The largest absolute Gasteiger partial charge is 0.351 e. The molecule has 1 aromatic rings. The number of carbonyl (C=O) groups excluding carboxylic acids is 1. The highest BCUT2D eigenvalue weighted by Crippen LogP contribution is 2.13. The summed E-state index contributed by atoms with van der Waals surface area (Å²) in [4.78, 5) is 22.6. The lowest BCUT2D eigenvalue weighted by Gasteiger charge is -2.10. The number of carbonyl (C=O) groups is 1. The molecule has 0 saturated heterocycles. The third-order valence-electron chi connectivity index (χ3n) is 2.41. The molecule has 0 saturated carbocycles. The molecule has 1 amide bonds. The molecule has 6 heteroatoms. The first-order valence-electron chi connectivity index (χ1n) is 6.44. The summed E-state index contributed by atoms with van der Waals surface area (Å²) in [6.45, 7) is 5.54. The maximum atomic E-state index is 12.0. The van der Waals surface area contributed by atoms with Crippen LogP contribution in [0.25, 0.3) is 0 Å². The van der Waals surface area contributed by atoms with Crippen LogP contribution in [-0.4, -0.2) is 53.7 Å². The van der Waals surface area contributed by atoms with Crippen LogP contribution < -0.4 is 5.32 Å². The number of aromatic nitrogens is 2. The second-order valence-corrected chi connectivity index (χ2v) is 5.75. The Morgan fingerprint density at radius 1 is 1.42 bits per heavy atom. The topological polar surface area (TPSA) is 58.1 Å². The number of amides is 1. The fraction of sp³-hybridized carbons (Fsp3) is 0.615. The van der Waals surface area contributed by atoms with Crippen molar-refractivity contribution in [1.82, 2.24) is 20.2 Å². The van der Waals surface area contributed by atoms with Crippen molar-refractivity contribution in [1.29, 1.82) is 0 Å². The quantitative estimate of drug-likeness (QED) is 0.467. The van der Waals surface area contributed by atoms with Gasteiger partial charge in [-0.2, -0.15) is 0 Å². The zero-order valence-electron chi connectivity index (χ0n) is 12.1. The summed E-state index contributed by atoms with van der Waals surface area (Å²) in [5.41, 5.74) is 1.28. The Labute approximate surface area is 119 Å². The van der Waals surface area contributed by atoms with Crippen LogP contribution in [0.15, 0.2) is 11.2 Å². The van der Waals surface area contributed by atoms with Gasteiger partial charge in [-0.15, -0.1) is 0 Å². The molecule has 1 aromatic heterocycles. The molecule has 0 aliphatic heterocycles. The van der Waals surface area contributed by atoms with Crippen molar-refractivity contribution < 1.29 is 4.79 Å². The predicted molar refractivity (Wildman–Crippen MR) is 78.7 cm³/mol. The second-order valence-electron chi connectivity index (χ2n) is 4.52. The number of thioether (sulfide) groups is 1. The van der Waals surface area contributed by atoms with Crippen molar-refractivity contribution in [3.05, 3.63) is 17.5 Å². The van der Waals surface area contributed by atoms with Crippen molar-refractivity contribution in [2.75, 3.05) is 32.9 Å². The highest BCUT2D eigenvalue weighted by Gasteiger charge is 2.10. The molecule has 0 aromatic carbocycles. The van der Waals surface area contributed by atoms with Crippen LogP contribution in [0.2, 0.25) is 0 Å². The Morgan fingerprint density at radius 2 is 2.16 bits per heavy atom. The van der Waals surface area contributed by atoms with Gasteiger partial charge in [-0.1, -0.05) is 18.7 Å². The van der Waals surface area contributed by atoms with Crippen molar-refractivity contribution in [2.24, 2.45) is 0 Å². The van der Waals surface area contributed by atoms with Gasteiger partial charge in [-0.25, -0.2) is 9.97 Å². The molecule has 0 atom stereocenters. The van der Waals surface area contributed by atoms with E-state index in [0.29, 0.717) is 17.4 Å². The molecule has 19 heavy (non-hydrogen) atoms. The number of rotatable bonds is 7. The Kier molecular flexibility index (Phi) is 6.80. The van der Waals surface area contributed by atoms with E-state index < -0.39 is 0 Å². The Balaban J connectivity index is 2.56. The van der Waals surface area contributed by atoms with Crippen molar-refractivity contribution in [3.63, 3.8) is 0 Å². The van der Waals surface area contributed by atoms with E-state index in [1.807, 2.05) is 27.9 Å². The van der Waals surface area contributed by atoms with E-state index in [1.165, 1.54) is 0 Å². The third kappa shape index (κ3) is 6.02. The van der Waals surface area contributed by atoms with Crippen molar-refractivity contribution >= 4 is 17.7 Å². The minimum Gasteiger partial charge on any atom is -0.351 e. The fourth-order valence-electron chi connectivity index (χ4n) is 1.54. The van der Waals surface area contributed by atoms with Gasteiger partial charge in [0.1, 0.15) is 5.69 Å². The second kappa shape index (κ2) is 8.12. The van der Waals surface area contributed by atoms with Crippen molar-refractivity contribution in [2.45, 2.75) is 25.4 Å². The van der Waals surface area contributed by atoms with Crippen LogP contribution in [0.3, 0.4) is 0 Å². The highest BCUT2D eigenvalue weighted by atomic mass is 32.2. The van der Waals surface area contributed by atoms with E-state index in [-0.39, 0.29) is 5.91 Å². The van der Waals surface area contributed by atoms with Crippen molar-refractivity contribution in [3.8, 4) is 0 Å². The Bertz CT molecular complexity index is 423. The molecule has 0 aliphatic carbocycles. The summed E-state index contributed by atoms with van der Waals surface area (Å²) in [6, 6.07) is 1.72. The van der Waals surface area contributed by atoms with Crippen LogP contribution in [0.4, 0.5) is 0 Å². The summed E-state index contributed by atoms with van der Waals surface area (Å²) >= 11 is 1.54. The molecule has 1 heterocycles. The van der Waals surface area contributed by atoms with Gasteiger partial charge in [-0.05, 0) is 45.8 Å². The highest BCUT2D eigenvalue weighted by molar-refractivity contribution is 7.99. The van der Waals surface area contributed by atoms with Crippen LogP contribution in [0.1, 0.15) is 29.5 Å². The molecule has 5 nitrogen and oxygen atoms in total. The Hall–Kier alpha value is -1.14. The summed E-state index contributed by atoms with van der Waals surface area (Å²) in [5, 5.41) is 3.55. The van der Waals surface area contributed by atoms with Gasteiger partial charge in [0.15, 0.2) is 5.16 Å². The number of hydrogen-bond acceptors (Lipinski definition) is 5. The molecule has 1 N–H and O–H groups in total. The normalized spacial score (nSPS) is 10.8. The molecule has 0 aliphatic rings. The molecule has 106 valence electrons. The van der Waals surface area contributed by atoms with Gasteiger partial charge in [-0.3, -0.25) is 4.79 Å². The molecule has 0 bridgehead atoms. The first kappa shape index (κ1) is 15.9. The maximum absolute atomic E-state index is 12.0. The van der Waals surface area contributed by atoms with E-state index >= 15 is 0 Å². The average molecular weight is 282 g/mol. The summed E-state index contributed by atoms with van der Waals surface area (Å²) in [7, 11) is 4.04. The third-order valence-corrected chi connectivity index (χ3v) is 3.14. The van der Waals surface area contributed by atoms with Crippen LogP contribution in [0.5, 0.6) is 0 Å². The summed E-state index contributed by atoms with van der Waals surface area (Å²) < 4.78 is 0. The van der Waals surface area contributed by atoms with E-state index in [9.17, 15) is 4.79 Å².